The van der Waals surface area contributed by atoms with Crippen LogP contribution in [0.1, 0.15) is 36.5 Å². The smallest absolute Gasteiger partial charge is 0.261 e. The van der Waals surface area contributed by atoms with Gasteiger partial charge < -0.3 is 43.7 Å². The Morgan fingerprint density at radius 2 is 1.60 bits per heavy atom. The Bertz CT molecular complexity index is 3190. The first-order chi connectivity index (χ1) is 35.2. The molecule has 0 radical (unpaired) electrons. The van der Waals surface area contributed by atoms with Crippen LogP contribution in [0.3, 0.4) is 0 Å². The van der Waals surface area contributed by atoms with E-state index in [1.54, 1.807) is 61.5 Å². The first kappa shape index (κ1) is 52.4. The molecule has 0 saturated carbocycles. The van der Waals surface area contributed by atoms with Crippen molar-refractivity contribution in [2.75, 3.05) is 64.2 Å². The summed E-state index contributed by atoms with van der Waals surface area (Å²) in [5.41, 5.74) is 7.66. The Kier molecular flexibility index (Phi) is 17.0. The molecule has 1 aromatic heterocycles. The fourth-order valence-corrected chi connectivity index (χ4v) is 9.81. The maximum atomic E-state index is 13.7. The van der Waals surface area contributed by atoms with E-state index < -0.39 is 45.4 Å². The summed E-state index contributed by atoms with van der Waals surface area (Å²) in [5.74, 6) is -1.73. The number of hydrogen-bond acceptors (Lipinski definition) is 15. The summed E-state index contributed by atoms with van der Waals surface area (Å²) in [4.78, 5) is 63.2. The quantitative estimate of drug-likeness (QED) is 0.0329. The van der Waals surface area contributed by atoms with Crippen molar-refractivity contribution in [2.45, 2.75) is 43.3 Å². The molecule has 73 heavy (non-hydrogen) atoms. The second-order valence-corrected chi connectivity index (χ2v) is 19.0. The molecule has 3 amide bonds. The number of hydrogen-bond donors (Lipinski definition) is 4. The van der Waals surface area contributed by atoms with E-state index in [9.17, 15) is 37.5 Å². The van der Waals surface area contributed by atoms with Crippen LogP contribution in [-0.2, 0) is 43.4 Å². The van der Waals surface area contributed by atoms with Crippen molar-refractivity contribution in [3.05, 3.63) is 141 Å². The molecule has 382 valence electrons. The summed E-state index contributed by atoms with van der Waals surface area (Å²) >= 11 is 6.69. The van der Waals surface area contributed by atoms with E-state index in [1.807, 2.05) is 6.08 Å². The predicted molar refractivity (Wildman–Crippen MR) is 269 cm³/mol. The Morgan fingerprint density at radius 1 is 0.877 bits per heavy atom. The molecule has 1 saturated heterocycles. The highest BCUT2D eigenvalue weighted by Gasteiger charge is 2.41. The van der Waals surface area contributed by atoms with E-state index >= 15 is 0 Å². The van der Waals surface area contributed by atoms with Crippen LogP contribution in [0, 0.1) is 5.92 Å². The van der Waals surface area contributed by atoms with E-state index in [0.29, 0.717) is 72.2 Å². The zero-order chi connectivity index (χ0) is 51.6. The van der Waals surface area contributed by atoms with Crippen molar-refractivity contribution in [1.29, 1.82) is 0 Å². The maximum absolute atomic E-state index is 13.7. The van der Waals surface area contributed by atoms with Gasteiger partial charge in [0.05, 0.1) is 85.9 Å². The molecule has 5 aromatic rings. The third-order valence-electron chi connectivity index (χ3n) is 12.0. The highest BCUT2D eigenvalue weighted by Crippen LogP contribution is 2.40. The SMILES string of the molecule is CCOc1cc2oc(-c3ccc(OCCOCCOCCOCCOC4CC=CC5=C4C(=O)/C(=C\C4CCC(=O)NC4=O)C5O)cc3Cl)cc(=O)c2cc1-c1cc(NS(=O)(=O)c2ccccc2)cc(C(N)=O)c1. The number of sulfonamides is 1. The number of halogens is 1. The molecule has 0 spiro atoms. The van der Waals surface area contributed by atoms with Gasteiger partial charge in [0.2, 0.25) is 17.7 Å². The van der Waals surface area contributed by atoms with Crippen molar-refractivity contribution >= 4 is 61.8 Å². The van der Waals surface area contributed by atoms with Crippen molar-refractivity contribution in [2.24, 2.45) is 11.7 Å². The topological polar surface area (TPSA) is 258 Å². The van der Waals surface area contributed by atoms with Gasteiger partial charge in [-0.3, -0.25) is 34.0 Å². The zero-order valence-corrected chi connectivity index (χ0v) is 41.1. The maximum Gasteiger partial charge on any atom is 0.261 e. The molecule has 4 aromatic carbocycles. The number of anilines is 1. The minimum absolute atomic E-state index is 0.0182. The van der Waals surface area contributed by atoms with Gasteiger partial charge in [0.15, 0.2) is 11.2 Å². The van der Waals surface area contributed by atoms with Crippen LogP contribution in [0.15, 0.2) is 134 Å². The van der Waals surface area contributed by atoms with E-state index in [1.165, 1.54) is 42.5 Å². The summed E-state index contributed by atoms with van der Waals surface area (Å²) in [6, 6.07) is 21.4. The monoisotopic (exact) mass is 1040 g/mol. The van der Waals surface area contributed by atoms with Gasteiger partial charge in [0, 0.05) is 46.4 Å². The summed E-state index contributed by atoms with van der Waals surface area (Å²) in [6.07, 6.45) is 4.15. The summed E-state index contributed by atoms with van der Waals surface area (Å²) in [5, 5.41) is 13.6. The lowest BCUT2D eigenvalue weighted by atomic mass is 9.93. The van der Waals surface area contributed by atoms with Gasteiger partial charge in [0.25, 0.3) is 10.0 Å². The van der Waals surface area contributed by atoms with Crippen molar-refractivity contribution in [1.82, 2.24) is 5.32 Å². The summed E-state index contributed by atoms with van der Waals surface area (Å²) in [7, 11) is -4.03. The van der Waals surface area contributed by atoms with E-state index in [0.717, 1.165) is 0 Å². The number of carbonyl (C=O) groups excluding carboxylic acids is 4. The van der Waals surface area contributed by atoms with Crippen molar-refractivity contribution in [3.8, 4) is 33.9 Å². The first-order valence-corrected chi connectivity index (χ1v) is 25.3. The fraction of sp³-hybridized carbons (Fsp3) is 0.302. The van der Waals surface area contributed by atoms with E-state index in [2.05, 4.69) is 10.0 Å². The third kappa shape index (κ3) is 12.6. The molecule has 2 heterocycles. The number of aliphatic hydroxyl groups excluding tert-OH is 1. The Morgan fingerprint density at radius 3 is 2.30 bits per heavy atom. The van der Waals surface area contributed by atoms with Crippen LogP contribution >= 0.6 is 11.6 Å². The molecule has 18 nitrogen and oxygen atoms in total. The van der Waals surface area contributed by atoms with Crippen LogP contribution in [-0.4, -0.2) is 109 Å². The number of primary amides is 1. The lowest BCUT2D eigenvalue weighted by Gasteiger charge is -2.21. The fourth-order valence-electron chi connectivity index (χ4n) is 8.49. The summed E-state index contributed by atoms with van der Waals surface area (Å²) < 4.78 is 69.7. The van der Waals surface area contributed by atoms with Crippen molar-refractivity contribution < 1.29 is 65.5 Å². The number of rotatable bonds is 23. The molecule has 5 N–H and O–H groups in total. The molecule has 8 rings (SSSR count). The van der Waals surface area contributed by atoms with Gasteiger partial charge in [-0.25, -0.2) is 8.42 Å². The number of aliphatic hydroxyl groups is 1. The minimum atomic E-state index is -4.03. The molecule has 3 aliphatic rings. The average Bonchev–Trinajstić information content (AvgIpc) is 3.61. The lowest BCUT2D eigenvalue weighted by molar-refractivity contribution is -0.135. The Balaban J connectivity index is 0.774. The first-order valence-electron chi connectivity index (χ1n) is 23.4. The van der Waals surface area contributed by atoms with Gasteiger partial charge >= 0.3 is 0 Å². The lowest BCUT2D eigenvalue weighted by Crippen LogP contribution is -2.40. The molecular formula is C53H52ClN3O15S. The zero-order valence-electron chi connectivity index (χ0n) is 39.6. The Hall–Kier alpha value is -6.97. The molecule has 3 unspecified atom stereocenters. The molecule has 0 bridgehead atoms. The van der Waals surface area contributed by atoms with Crippen LogP contribution < -0.4 is 30.7 Å². The number of imide groups is 1. The second-order valence-electron chi connectivity index (χ2n) is 16.9. The second kappa shape index (κ2) is 23.7. The number of nitrogens with two attached hydrogens (primary N) is 1. The summed E-state index contributed by atoms with van der Waals surface area (Å²) in [6.45, 7) is 4.17. The number of nitrogens with one attached hydrogen (secondary N) is 2. The van der Waals surface area contributed by atoms with Gasteiger partial charge in [-0.15, -0.1) is 0 Å². The molecule has 1 fully saturated rings. The van der Waals surface area contributed by atoms with Crippen LogP contribution in [0.25, 0.3) is 33.4 Å². The van der Waals surface area contributed by atoms with Gasteiger partial charge in [0.1, 0.15) is 35.6 Å². The van der Waals surface area contributed by atoms with E-state index in [-0.39, 0.29) is 101 Å². The number of amides is 3. The Labute approximate surface area is 424 Å². The van der Waals surface area contributed by atoms with Gasteiger partial charge in [-0.05, 0) is 85.5 Å². The standard InChI is InChI=1S/C53H52ClN3O15S/c1-2-69-45-30-47-40(28-39(45)32-23-33(52(55)62)25-34(24-32)57-73(64,65)36-7-4-3-5-8-36)43(58)29-46(72-47)37-13-12-35(27-42(37)54)70-21-19-67-17-15-66-16-18-68-20-22-71-44-10-6-9-38-49(44)51(61)41(50(38)60)26-31-11-14-48(59)56-53(31)63/h3-9,12-13,23-31,44,50,57,60H,2,10-11,14-22H2,1H3,(H2,55,62)(H,56,59,63)/b41-26-. The highest BCUT2D eigenvalue weighted by molar-refractivity contribution is 7.92. The molecule has 2 aliphatic carbocycles. The number of ether oxygens (including phenoxy) is 6. The predicted octanol–water partition coefficient (Wildman–Crippen LogP) is 6.07. The third-order valence-corrected chi connectivity index (χ3v) is 13.7. The number of piperidine rings is 1. The molecule has 20 heteroatoms. The van der Waals surface area contributed by atoms with E-state index in [4.69, 9.17) is 50.2 Å². The number of Topliss-reactive ketones (excluding diaryl/α,β-unsaturated/α-hetero) is 1. The largest absolute Gasteiger partial charge is 0.493 e. The number of benzene rings is 4. The highest BCUT2D eigenvalue weighted by atomic mass is 35.5. The van der Waals surface area contributed by atoms with Gasteiger partial charge in [-0.2, -0.15) is 0 Å². The van der Waals surface area contributed by atoms with Crippen LogP contribution in [0.4, 0.5) is 5.69 Å². The molecule has 1 aliphatic heterocycles. The molecular weight excluding hydrogens is 986 g/mol. The van der Waals surface area contributed by atoms with Crippen LogP contribution in [0.5, 0.6) is 11.5 Å². The normalized spacial score (nSPS) is 18.3. The number of ketones is 1. The molecule has 3 atom stereocenters. The van der Waals surface area contributed by atoms with Crippen molar-refractivity contribution in [3.63, 3.8) is 0 Å². The van der Waals surface area contributed by atoms with Crippen LogP contribution in [0.2, 0.25) is 5.02 Å². The minimum Gasteiger partial charge on any atom is -0.493 e. The van der Waals surface area contributed by atoms with Gasteiger partial charge in [-0.1, -0.05) is 48.0 Å². The number of carbonyl (C=O) groups is 4. The average molecular weight is 1040 g/mol. The number of fused-ring (bicyclic) bond motifs is 1.